The average Bonchev–Trinajstić information content (AvgIpc) is 3.10. The summed E-state index contributed by atoms with van der Waals surface area (Å²) >= 11 is 5.94. The number of H-pyrrole nitrogens is 2. The maximum atomic E-state index is 12.2. The van der Waals surface area contributed by atoms with Gasteiger partial charge >= 0.3 is 11.7 Å². The topological polar surface area (TPSA) is 139 Å². The van der Waals surface area contributed by atoms with Gasteiger partial charge in [0.1, 0.15) is 11.3 Å². The van der Waals surface area contributed by atoms with E-state index in [4.69, 9.17) is 11.6 Å². The van der Waals surface area contributed by atoms with E-state index in [2.05, 4.69) is 25.0 Å². The number of aromatic amines is 2. The number of halogens is 1. The van der Waals surface area contributed by atoms with Crippen LogP contribution in [0.1, 0.15) is 22.6 Å². The van der Waals surface area contributed by atoms with Crippen LogP contribution in [0.25, 0.3) is 11.2 Å². The molecule has 28 heavy (non-hydrogen) atoms. The number of aromatic nitrogens is 4. The maximum Gasteiger partial charge on any atom is 0.339 e. The zero-order valence-corrected chi connectivity index (χ0v) is 15.7. The number of imidazole rings is 1. The molecule has 0 saturated heterocycles. The lowest BCUT2D eigenvalue weighted by Gasteiger charge is -2.08. The normalized spacial score (nSPS) is 10.8. The molecule has 146 valence electrons. The summed E-state index contributed by atoms with van der Waals surface area (Å²) in [7, 11) is 2.72. The number of esters is 1. The number of fused-ring (bicyclic) bond motifs is 1. The second kappa shape index (κ2) is 7.69. The molecule has 0 aliphatic carbocycles. The molecule has 10 nitrogen and oxygen atoms in total. The number of hydrogen-bond donors (Lipinski definition) is 3. The Labute approximate surface area is 162 Å². The second-order valence-corrected chi connectivity index (χ2v) is 6.34. The first-order valence-corrected chi connectivity index (χ1v) is 8.53. The van der Waals surface area contributed by atoms with Crippen molar-refractivity contribution in [1.29, 1.82) is 0 Å². The van der Waals surface area contributed by atoms with E-state index in [0.717, 1.165) is 0 Å². The molecule has 0 spiro atoms. The third kappa shape index (κ3) is 3.81. The van der Waals surface area contributed by atoms with Gasteiger partial charge in [0.15, 0.2) is 5.65 Å². The van der Waals surface area contributed by atoms with E-state index in [9.17, 15) is 19.2 Å². The van der Waals surface area contributed by atoms with Crippen molar-refractivity contribution in [3.05, 3.63) is 55.4 Å². The third-order valence-electron chi connectivity index (χ3n) is 4.05. The molecule has 0 bridgehead atoms. The number of nitrogens with zero attached hydrogens (tertiary/aromatic N) is 2. The predicted molar refractivity (Wildman–Crippen MR) is 102 cm³/mol. The van der Waals surface area contributed by atoms with Gasteiger partial charge in [0.2, 0.25) is 5.91 Å². The molecule has 0 atom stereocenters. The molecule has 0 aliphatic heterocycles. The summed E-state index contributed by atoms with van der Waals surface area (Å²) in [4.78, 5) is 56.5. The van der Waals surface area contributed by atoms with E-state index < -0.39 is 17.2 Å². The lowest BCUT2D eigenvalue weighted by atomic mass is 10.2. The molecule has 2 heterocycles. The average molecular weight is 406 g/mol. The van der Waals surface area contributed by atoms with Gasteiger partial charge in [-0.15, -0.1) is 0 Å². The summed E-state index contributed by atoms with van der Waals surface area (Å²) in [6.45, 7) is 0. The van der Waals surface area contributed by atoms with Crippen LogP contribution < -0.4 is 16.6 Å². The Hall–Kier alpha value is -3.40. The number of amides is 1. The minimum absolute atomic E-state index is 0.0574. The van der Waals surface area contributed by atoms with E-state index in [0.29, 0.717) is 11.5 Å². The van der Waals surface area contributed by atoms with E-state index in [-0.39, 0.29) is 40.5 Å². The molecule has 3 N–H and O–H groups in total. The zero-order chi connectivity index (χ0) is 20.4. The van der Waals surface area contributed by atoms with E-state index >= 15 is 0 Å². The minimum Gasteiger partial charge on any atom is -0.465 e. The number of methoxy groups -OCH3 is 1. The van der Waals surface area contributed by atoms with Crippen LogP contribution >= 0.6 is 11.6 Å². The number of carbonyl (C=O) groups is 2. The molecular formula is C17H16ClN5O5. The molecule has 2 aromatic heterocycles. The Balaban J connectivity index is 1.71. The molecule has 0 fully saturated rings. The maximum absolute atomic E-state index is 12.2. The monoisotopic (exact) mass is 405 g/mol. The summed E-state index contributed by atoms with van der Waals surface area (Å²) in [5, 5.41) is 2.87. The number of ether oxygens (including phenoxy) is 1. The predicted octanol–water partition coefficient (Wildman–Crippen LogP) is 0.961. The molecule has 1 amide bonds. The minimum atomic E-state index is -0.612. The molecule has 1 aromatic carbocycles. The van der Waals surface area contributed by atoms with Crippen molar-refractivity contribution in [1.82, 2.24) is 19.5 Å². The van der Waals surface area contributed by atoms with Gasteiger partial charge in [0.25, 0.3) is 5.56 Å². The van der Waals surface area contributed by atoms with Gasteiger partial charge < -0.3 is 15.0 Å². The van der Waals surface area contributed by atoms with Crippen LogP contribution in [0.3, 0.4) is 0 Å². The number of carbonyl (C=O) groups excluding carboxylic acids is 2. The summed E-state index contributed by atoms with van der Waals surface area (Å²) < 4.78 is 5.85. The van der Waals surface area contributed by atoms with Gasteiger partial charge in [-0.05, 0) is 18.2 Å². The SMILES string of the molecule is COC(=O)c1cc(NC(=O)CCc2nc3c([nH]2)c(=O)[nH]c(=O)n3C)ccc1Cl. The number of benzene rings is 1. The molecule has 0 aliphatic rings. The van der Waals surface area contributed by atoms with Gasteiger partial charge in [0.05, 0.1) is 17.7 Å². The summed E-state index contributed by atoms with van der Waals surface area (Å²) in [6.07, 6.45) is 0.271. The quantitative estimate of drug-likeness (QED) is 0.540. The van der Waals surface area contributed by atoms with Crippen molar-refractivity contribution in [3.63, 3.8) is 0 Å². The fourth-order valence-corrected chi connectivity index (χ4v) is 2.79. The van der Waals surface area contributed by atoms with Crippen molar-refractivity contribution in [2.75, 3.05) is 12.4 Å². The molecule has 11 heteroatoms. The lowest BCUT2D eigenvalue weighted by molar-refractivity contribution is -0.116. The van der Waals surface area contributed by atoms with Crippen molar-refractivity contribution >= 4 is 40.3 Å². The van der Waals surface area contributed by atoms with E-state index in [1.54, 1.807) is 6.07 Å². The van der Waals surface area contributed by atoms with Crippen molar-refractivity contribution in [2.45, 2.75) is 12.8 Å². The number of aryl methyl sites for hydroxylation is 2. The van der Waals surface area contributed by atoms with Gasteiger partial charge in [-0.25, -0.2) is 14.6 Å². The fourth-order valence-electron chi connectivity index (χ4n) is 2.60. The van der Waals surface area contributed by atoms with Crippen LogP contribution in [0.4, 0.5) is 5.69 Å². The van der Waals surface area contributed by atoms with Crippen LogP contribution in [0.5, 0.6) is 0 Å². The highest BCUT2D eigenvalue weighted by Crippen LogP contribution is 2.21. The largest absolute Gasteiger partial charge is 0.465 e. The molecular weight excluding hydrogens is 390 g/mol. The molecule has 3 rings (SSSR count). The zero-order valence-electron chi connectivity index (χ0n) is 15.0. The van der Waals surface area contributed by atoms with Gasteiger partial charge in [0, 0.05) is 25.6 Å². The van der Waals surface area contributed by atoms with E-state index in [1.165, 1.54) is 30.9 Å². The Kier molecular flexibility index (Phi) is 5.32. The van der Waals surface area contributed by atoms with Gasteiger partial charge in [-0.2, -0.15) is 0 Å². The standard InChI is InChI=1S/C17H16ClN5O5/c1-23-14-13(15(25)22-17(23)27)20-11(21-14)5-6-12(24)19-8-3-4-10(18)9(7-8)16(26)28-2/h3-4,7H,5-6H2,1-2H3,(H,19,24)(H,20,21)(H,22,25,27). The lowest BCUT2D eigenvalue weighted by Crippen LogP contribution is -2.28. The fraction of sp³-hybridized carbons (Fsp3) is 0.235. The first-order chi connectivity index (χ1) is 13.3. The van der Waals surface area contributed by atoms with Crippen LogP contribution in [-0.2, 0) is 23.0 Å². The highest BCUT2D eigenvalue weighted by Gasteiger charge is 2.14. The molecule has 3 aromatic rings. The van der Waals surface area contributed by atoms with Crippen LogP contribution in [-0.4, -0.2) is 38.5 Å². The first kappa shape index (κ1) is 19.4. The molecule has 0 unspecified atom stereocenters. The number of anilines is 1. The van der Waals surface area contributed by atoms with Crippen molar-refractivity contribution in [2.24, 2.45) is 7.05 Å². The Morgan fingerprint density at radius 1 is 1.29 bits per heavy atom. The van der Waals surface area contributed by atoms with Gasteiger partial charge in [-0.1, -0.05) is 11.6 Å². The van der Waals surface area contributed by atoms with Crippen LogP contribution in [0.2, 0.25) is 5.02 Å². The van der Waals surface area contributed by atoms with Crippen LogP contribution in [0.15, 0.2) is 27.8 Å². The third-order valence-corrected chi connectivity index (χ3v) is 4.38. The summed E-state index contributed by atoms with van der Waals surface area (Å²) in [5.74, 6) is -0.552. The Bertz CT molecular complexity index is 1190. The van der Waals surface area contributed by atoms with Crippen LogP contribution in [0, 0.1) is 0 Å². The van der Waals surface area contributed by atoms with Crippen molar-refractivity contribution < 1.29 is 14.3 Å². The van der Waals surface area contributed by atoms with E-state index in [1.807, 2.05) is 0 Å². The van der Waals surface area contributed by atoms with Crippen molar-refractivity contribution in [3.8, 4) is 0 Å². The number of hydrogen-bond acceptors (Lipinski definition) is 6. The molecule has 0 radical (unpaired) electrons. The summed E-state index contributed by atoms with van der Waals surface area (Å²) in [6, 6.07) is 4.46. The van der Waals surface area contributed by atoms with Gasteiger partial charge in [-0.3, -0.25) is 19.1 Å². The Morgan fingerprint density at radius 2 is 2.04 bits per heavy atom. The molecule has 0 saturated carbocycles. The second-order valence-electron chi connectivity index (χ2n) is 5.93. The smallest absolute Gasteiger partial charge is 0.339 e. The Morgan fingerprint density at radius 3 is 2.75 bits per heavy atom. The highest BCUT2D eigenvalue weighted by molar-refractivity contribution is 6.33. The summed E-state index contributed by atoms with van der Waals surface area (Å²) in [5.41, 5.74) is -0.240. The highest BCUT2D eigenvalue weighted by atomic mass is 35.5. The number of nitrogens with one attached hydrogen (secondary N) is 3. The first-order valence-electron chi connectivity index (χ1n) is 8.15. The number of rotatable bonds is 5.